The first-order valence-electron chi connectivity index (χ1n) is 5.53. The van der Waals surface area contributed by atoms with Crippen molar-refractivity contribution in [3.63, 3.8) is 0 Å². The summed E-state index contributed by atoms with van der Waals surface area (Å²) in [5.41, 5.74) is 5.33. The van der Waals surface area contributed by atoms with Gasteiger partial charge in [0.2, 0.25) is 5.91 Å². The van der Waals surface area contributed by atoms with E-state index in [0.29, 0.717) is 0 Å². The van der Waals surface area contributed by atoms with Gasteiger partial charge in [0.15, 0.2) is 0 Å². The number of hydrogen-bond acceptors (Lipinski definition) is 4. The third-order valence-corrected chi connectivity index (χ3v) is 2.75. The molecule has 6 nitrogen and oxygen atoms in total. The average molecular weight is 229 g/mol. The lowest BCUT2D eigenvalue weighted by atomic mass is 10.2. The number of nitrogens with one attached hydrogen (secondary N) is 1. The minimum atomic E-state index is -1.06. The second kappa shape index (κ2) is 5.81. The molecule has 1 saturated heterocycles. The fourth-order valence-electron chi connectivity index (χ4n) is 1.69. The minimum Gasteiger partial charge on any atom is -0.480 e. The van der Waals surface area contributed by atoms with E-state index in [-0.39, 0.29) is 18.5 Å². The van der Waals surface area contributed by atoms with Gasteiger partial charge in [-0.3, -0.25) is 9.59 Å². The molecule has 4 N–H and O–H groups in total. The molecule has 0 radical (unpaired) electrons. The second-order valence-electron chi connectivity index (χ2n) is 4.11. The van der Waals surface area contributed by atoms with Crippen LogP contribution in [0.3, 0.4) is 0 Å². The zero-order valence-corrected chi connectivity index (χ0v) is 9.48. The Morgan fingerprint density at radius 1 is 1.44 bits per heavy atom. The van der Waals surface area contributed by atoms with Gasteiger partial charge in [-0.25, -0.2) is 0 Å². The van der Waals surface area contributed by atoms with Crippen LogP contribution in [0.25, 0.3) is 0 Å². The first kappa shape index (κ1) is 12.9. The lowest BCUT2D eigenvalue weighted by molar-refractivity contribution is -0.139. The summed E-state index contributed by atoms with van der Waals surface area (Å²) in [6.45, 7) is 3.44. The smallest absolute Gasteiger partial charge is 0.321 e. The van der Waals surface area contributed by atoms with Crippen molar-refractivity contribution in [2.45, 2.75) is 31.8 Å². The van der Waals surface area contributed by atoms with Gasteiger partial charge in [0, 0.05) is 19.6 Å². The van der Waals surface area contributed by atoms with E-state index in [0.717, 1.165) is 25.9 Å². The van der Waals surface area contributed by atoms with Crippen LogP contribution in [0.1, 0.15) is 19.8 Å². The number of nitrogens with zero attached hydrogens (tertiary/aromatic N) is 1. The van der Waals surface area contributed by atoms with E-state index in [1.54, 1.807) is 11.8 Å². The van der Waals surface area contributed by atoms with Gasteiger partial charge in [-0.2, -0.15) is 0 Å². The van der Waals surface area contributed by atoms with E-state index in [4.69, 9.17) is 10.8 Å². The maximum Gasteiger partial charge on any atom is 0.321 e. The van der Waals surface area contributed by atoms with Gasteiger partial charge in [0.25, 0.3) is 0 Å². The van der Waals surface area contributed by atoms with Crippen LogP contribution in [0.2, 0.25) is 0 Å². The Hall–Kier alpha value is -1.14. The number of nitrogens with two attached hydrogens (primary N) is 1. The van der Waals surface area contributed by atoms with Gasteiger partial charge >= 0.3 is 5.97 Å². The zero-order chi connectivity index (χ0) is 12.1. The van der Waals surface area contributed by atoms with Crippen molar-refractivity contribution in [2.24, 2.45) is 5.73 Å². The molecule has 1 amide bonds. The van der Waals surface area contributed by atoms with Crippen molar-refractivity contribution in [2.75, 3.05) is 19.6 Å². The summed E-state index contributed by atoms with van der Waals surface area (Å²) in [5, 5.41) is 11.4. The van der Waals surface area contributed by atoms with Crippen LogP contribution in [0.15, 0.2) is 0 Å². The number of hydrogen-bond donors (Lipinski definition) is 3. The predicted molar refractivity (Wildman–Crippen MR) is 58.9 cm³/mol. The molecule has 0 aromatic heterocycles. The van der Waals surface area contributed by atoms with E-state index in [1.165, 1.54) is 0 Å². The Morgan fingerprint density at radius 3 is 2.50 bits per heavy atom. The van der Waals surface area contributed by atoms with Crippen LogP contribution in [0.5, 0.6) is 0 Å². The number of carbonyl (C=O) groups excluding carboxylic acids is 1. The summed E-state index contributed by atoms with van der Waals surface area (Å²) in [4.78, 5) is 24.1. The van der Waals surface area contributed by atoms with Gasteiger partial charge < -0.3 is 21.1 Å². The molecular formula is C10H19N3O3. The van der Waals surface area contributed by atoms with Gasteiger partial charge in [0.05, 0.1) is 6.04 Å². The molecule has 0 aliphatic carbocycles. The van der Waals surface area contributed by atoms with Crippen molar-refractivity contribution < 1.29 is 14.7 Å². The number of carboxylic acid groups (broad SMARTS) is 1. The Kier molecular flexibility index (Phi) is 4.70. The maximum atomic E-state index is 11.8. The number of carbonyl (C=O) groups is 2. The molecule has 1 heterocycles. The number of rotatable bonds is 5. The summed E-state index contributed by atoms with van der Waals surface area (Å²) >= 11 is 0. The molecule has 0 bridgehead atoms. The van der Waals surface area contributed by atoms with Crippen molar-refractivity contribution in [1.29, 1.82) is 0 Å². The van der Waals surface area contributed by atoms with Crippen LogP contribution < -0.4 is 11.1 Å². The molecule has 0 aromatic rings. The van der Waals surface area contributed by atoms with Crippen molar-refractivity contribution in [3.8, 4) is 0 Å². The van der Waals surface area contributed by atoms with E-state index in [2.05, 4.69) is 5.32 Å². The quantitative estimate of drug-likeness (QED) is 0.562. The minimum absolute atomic E-state index is 0.0232. The summed E-state index contributed by atoms with van der Waals surface area (Å²) in [7, 11) is 0. The van der Waals surface area contributed by atoms with E-state index < -0.39 is 12.0 Å². The van der Waals surface area contributed by atoms with Crippen LogP contribution in [-0.4, -0.2) is 53.6 Å². The normalized spacial score (nSPS) is 19.5. The van der Waals surface area contributed by atoms with Gasteiger partial charge in [0.1, 0.15) is 6.04 Å². The lowest BCUT2D eigenvalue weighted by Crippen LogP contribution is -2.49. The Bertz CT molecular complexity index is 264. The third-order valence-electron chi connectivity index (χ3n) is 2.75. The molecule has 2 unspecified atom stereocenters. The monoisotopic (exact) mass is 229 g/mol. The molecule has 0 aromatic carbocycles. The molecule has 1 rings (SSSR count). The van der Waals surface area contributed by atoms with Crippen molar-refractivity contribution >= 4 is 11.9 Å². The molecule has 6 heteroatoms. The van der Waals surface area contributed by atoms with Crippen LogP contribution >= 0.6 is 0 Å². The first-order valence-corrected chi connectivity index (χ1v) is 5.53. The fraction of sp³-hybridized carbons (Fsp3) is 0.800. The Balaban J connectivity index is 2.31. The average Bonchev–Trinajstić information content (AvgIpc) is 2.77. The predicted octanol–water partition coefficient (Wildman–Crippen LogP) is -1.00. The number of amides is 1. The molecule has 1 aliphatic heterocycles. The van der Waals surface area contributed by atoms with Crippen LogP contribution in [-0.2, 0) is 9.59 Å². The van der Waals surface area contributed by atoms with Crippen LogP contribution in [0, 0.1) is 0 Å². The molecule has 0 saturated carbocycles. The Morgan fingerprint density at radius 2 is 2.00 bits per heavy atom. The van der Waals surface area contributed by atoms with Gasteiger partial charge in [-0.05, 0) is 19.8 Å². The van der Waals surface area contributed by atoms with Gasteiger partial charge in [-0.1, -0.05) is 0 Å². The molecule has 0 spiro atoms. The SMILES string of the molecule is CC(NCC(N)C(=O)O)C(=O)N1CCCC1. The van der Waals surface area contributed by atoms with Gasteiger partial charge in [-0.15, -0.1) is 0 Å². The topological polar surface area (TPSA) is 95.7 Å². The second-order valence-corrected chi connectivity index (χ2v) is 4.11. The summed E-state index contributed by atoms with van der Waals surface area (Å²) < 4.78 is 0. The highest BCUT2D eigenvalue weighted by Crippen LogP contribution is 2.08. The maximum absolute atomic E-state index is 11.8. The fourth-order valence-corrected chi connectivity index (χ4v) is 1.69. The van der Waals surface area contributed by atoms with Crippen molar-refractivity contribution in [3.05, 3.63) is 0 Å². The van der Waals surface area contributed by atoms with E-state index in [1.807, 2.05) is 0 Å². The zero-order valence-electron chi connectivity index (χ0n) is 9.48. The summed E-state index contributed by atoms with van der Waals surface area (Å²) in [6.07, 6.45) is 2.10. The molecule has 2 atom stereocenters. The van der Waals surface area contributed by atoms with Crippen LogP contribution in [0.4, 0.5) is 0 Å². The summed E-state index contributed by atoms with van der Waals surface area (Å²) in [5.74, 6) is -1.04. The number of likely N-dealkylation sites (tertiary alicyclic amines) is 1. The molecule has 92 valence electrons. The van der Waals surface area contributed by atoms with E-state index in [9.17, 15) is 9.59 Å². The Labute approximate surface area is 94.8 Å². The molecular weight excluding hydrogens is 210 g/mol. The highest BCUT2D eigenvalue weighted by atomic mass is 16.4. The standard InChI is InChI=1S/C10H19N3O3/c1-7(12-6-8(11)10(15)16)9(14)13-4-2-3-5-13/h7-8,12H,2-6,11H2,1H3,(H,15,16). The lowest BCUT2D eigenvalue weighted by Gasteiger charge is -2.21. The van der Waals surface area contributed by atoms with E-state index >= 15 is 0 Å². The third kappa shape index (κ3) is 3.46. The molecule has 1 aliphatic rings. The molecule has 1 fully saturated rings. The molecule has 16 heavy (non-hydrogen) atoms. The largest absolute Gasteiger partial charge is 0.480 e. The highest BCUT2D eigenvalue weighted by Gasteiger charge is 2.23. The van der Waals surface area contributed by atoms with Crippen molar-refractivity contribution in [1.82, 2.24) is 10.2 Å². The number of aliphatic carboxylic acids is 1. The highest BCUT2D eigenvalue weighted by molar-refractivity contribution is 5.81. The first-order chi connectivity index (χ1) is 7.52. The number of carboxylic acids is 1. The summed E-state index contributed by atoms with van der Waals surface area (Å²) in [6, 6.07) is -1.34.